The Bertz CT molecular complexity index is 393. The third kappa shape index (κ3) is 2.56. The molecule has 15 heavy (non-hydrogen) atoms. The van der Waals surface area contributed by atoms with Gasteiger partial charge in [-0.05, 0) is 6.07 Å². The lowest BCUT2D eigenvalue weighted by atomic mass is 10.1. The number of rotatable bonds is 3. The quantitative estimate of drug-likeness (QED) is 0.847. The van der Waals surface area contributed by atoms with Gasteiger partial charge in [-0.3, -0.25) is 0 Å². The van der Waals surface area contributed by atoms with Gasteiger partial charge >= 0.3 is 11.9 Å². The van der Waals surface area contributed by atoms with E-state index >= 15 is 0 Å². The molecule has 0 bridgehead atoms. The van der Waals surface area contributed by atoms with Gasteiger partial charge in [0, 0.05) is 5.56 Å². The summed E-state index contributed by atoms with van der Waals surface area (Å²) in [6.07, 6.45) is -1.09. The van der Waals surface area contributed by atoms with E-state index < -0.39 is 24.1 Å². The molecular formula is C9H7ClF2O3. The second-order valence-corrected chi connectivity index (χ2v) is 3.34. The molecule has 0 atom stereocenters. The number of aromatic hydroxyl groups is 1. The monoisotopic (exact) mass is 236 g/mol. The van der Waals surface area contributed by atoms with Crippen molar-refractivity contribution in [3.05, 3.63) is 28.8 Å². The van der Waals surface area contributed by atoms with E-state index in [4.69, 9.17) is 16.7 Å². The third-order valence-corrected chi connectivity index (χ3v) is 2.10. The van der Waals surface area contributed by atoms with Crippen LogP contribution in [-0.4, -0.2) is 22.1 Å². The number of phenolic OH excluding ortho intramolecular Hbond substituents is 1. The van der Waals surface area contributed by atoms with E-state index in [0.29, 0.717) is 0 Å². The van der Waals surface area contributed by atoms with Crippen LogP contribution in [0.15, 0.2) is 18.2 Å². The van der Waals surface area contributed by atoms with Crippen molar-refractivity contribution >= 4 is 17.6 Å². The molecule has 2 N–H and O–H groups in total. The summed E-state index contributed by atoms with van der Waals surface area (Å²) in [5.41, 5.74) is -0.199. The second-order valence-electron chi connectivity index (χ2n) is 2.93. The fraction of sp³-hybridized carbons (Fsp3) is 0.222. The van der Waals surface area contributed by atoms with E-state index in [0.717, 1.165) is 0 Å². The van der Waals surface area contributed by atoms with Crippen LogP contribution in [0.25, 0.3) is 0 Å². The zero-order valence-electron chi connectivity index (χ0n) is 7.38. The highest BCUT2D eigenvalue weighted by atomic mass is 35.5. The molecule has 6 heteroatoms. The van der Waals surface area contributed by atoms with Crippen LogP contribution in [0.2, 0.25) is 5.02 Å². The Balaban J connectivity index is 3.00. The molecule has 1 rings (SSSR count). The summed E-state index contributed by atoms with van der Waals surface area (Å²) in [5, 5.41) is 17.4. The van der Waals surface area contributed by atoms with Gasteiger partial charge in [0.05, 0.1) is 11.4 Å². The smallest absolute Gasteiger partial charge is 0.374 e. The van der Waals surface area contributed by atoms with Gasteiger partial charge < -0.3 is 10.2 Å². The Labute approximate surface area is 88.9 Å². The van der Waals surface area contributed by atoms with Gasteiger partial charge in [0.15, 0.2) is 0 Å². The molecule has 0 aliphatic rings. The first-order valence-electron chi connectivity index (χ1n) is 3.92. The van der Waals surface area contributed by atoms with Crippen LogP contribution in [0, 0.1) is 0 Å². The van der Waals surface area contributed by atoms with Gasteiger partial charge in [0.25, 0.3) is 0 Å². The summed E-state index contributed by atoms with van der Waals surface area (Å²) < 4.78 is 25.6. The normalized spacial score (nSPS) is 11.4. The largest absolute Gasteiger partial charge is 0.506 e. The lowest BCUT2D eigenvalue weighted by Gasteiger charge is -2.12. The summed E-state index contributed by atoms with van der Waals surface area (Å²) in [4.78, 5) is 10.2. The Kier molecular flexibility index (Phi) is 3.14. The van der Waals surface area contributed by atoms with E-state index in [1.54, 1.807) is 0 Å². The molecule has 0 aliphatic heterocycles. The van der Waals surface area contributed by atoms with Crippen LogP contribution < -0.4 is 0 Å². The van der Waals surface area contributed by atoms with Gasteiger partial charge in [-0.1, -0.05) is 23.7 Å². The van der Waals surface area contributed by atoms with Gasteiger partial charge in [0.2, 0.25) is 0 Å². The SMILES string of the molecule is O=C(O)C(F)(F)Cc1cccc(Cl)c1O. The van der Waals surface area contributed by atoms with E-state index in [1.807, 2.05) is 0 Å². The van der Waals surface area contributed by atoms with Crippen LogP contribution in [0.5, 0.6) is 5.75 Å². The van der Waals surface area contributed by atoms with Gasteiger partial charge in [-0.15, -0.1) is 0 Å². The standard InChI is InChI=1S/C9H7ClF2O3/c10-6-3-1-2-5(7(6)13)4-9(11,12)8(14)15/h1-3,13H,4H2,(H,14,15). The van der Waals surface area contributed by atoms with Crippen LogP contribution in [0.4, 0.5) is 8.78 Å². The average molecular weight is 237 g/mol. The van der Waals surface area contributed by atoms with Crippen molar-refractivity contribution in [3.8, 4) is 5.75 Å². The maximum atomic E-state index is 12.8. The fourth-order valence-corrected chi connectivity index (χ4v) is 1.21. The number of carboxylic acid groups (broad SMARTS) is 1. The first kappa shape index (κ1) is 11.7. The molecule has 0 unspecified atom stereocenters. The fourth-order valence-electron chi connectivity index (χ4n) is 1.02. The molecule has 0 aliphatic carbocycles. The molecule has 0 saturated heterocycles. The summed E-state index contributed by atoms with van der Waals surface area (Å²) in [6.45, 7) is 0. The van der Waals surface area contributed by atoms with Gasteiger partial charge in [0.1, 0.15) is 5.75 Å². The molecule has 1 aromatic carbocycles. The number of carbonyl (C=O) groups is 1. The first-order valence-corrected chi connectivity index (χ1v) is 4.30. The summed E-state index contributed by atoms with van der Waals surface area (Å²) >= 11 is 5.48. The number of aliphatic carboxylic acids is 1. The van der Waals surface area contributed by atoms with Crippen molar-refractivity contribution in [2.24, 2.45) is 0 Å². The van der Waals surface area contributed by atoms with Crippen molar-refractivity contribution < 1.29 is 23.8 Å². The maximum absolute atomic E-state index is 12.8. The minimum Gasteiger partial charge on any atom is -0.506 e. The lowest BCUT2D eigenvalue weighted by Crippen LogP contribution is -2.30. The Hall–Kier alpha value is -1.36. The van der Waals surface area contributed by atoms with Crippen LogP contribution in [-0.2, 0) is 11.2 Å². The zero-order chi connectivity index (χ0) is 11.6. The van der Waals surface area contributed by atoms with Crippen molar-refractivity contribution in [3.63, 3.8) is 0 Å². The number of halogens is 3. The van der Waals surface area contributed by atoms with Gasteiger partial charge in [-0.25, -0.2) is 4.79 Å². The number of hydrogen-bond donors (Lipinski definition) is 2. The molecule has 0 heterocycles. The molecule has 3 nitrogen and oxygen atoms in total. The number of carboxylic acids is 1. The average Bonchev–Trinajstić information content (AvgIpc) is 2.12. The van der Waals surface area contributed by atoms with E-state index in [2.05, 4.69) is 0 Å². The number of alkyl halides is 2. The predicted octanol–water partition coefficient (Wildman–Crippen LogP) is 2.31. The third-order valence-electron chi connectivity index (χ3n) is 1.80. The topological polar surface area (TPSA) is 57.5 Å². The number of phenols is 1. The lowest BCUT2D eigenvalue weighted by molar-refractivity contribution is -0.164. The van der Waals surface area contributed by atoms with Crippen LogP contribution in [0.1, 0.15) is 5.56 Å². The van der Waals surface area contributed by atoms with Crippen LogP contribution >= 0.6 is 11.6 Å². The minimum atomic E-state index is -3.91. The van der Waals surface area contributed by atoms with Crippen molar-refractivity contribution in [2.45, 2.75) is 12.3 Å². The molecule has 0 radical (unpaired) electrons. The molecule has 0 spiro atoms. The Morgan fingerprint density at radius 3 is 2.60 bits per heavy atom. The Morgan fingerprint density at radius 1 is 1.47 bits per heavy atom. The van der Waals surface area contributed by atoms with Crippen molar-refractivity contribution in [1.82, 2.24) is 0 Å². The van der Waals surface area contributed by atoms with Crippen LogP contribution in [0.3, 0.4) is 0 Å². The molecule has 0 aromatic heterocycles. The summed E-state index contributed by atoms with van der Waals surface area (Å²) in [7, 11) is 0. The molecule has 0 fully saturated rings. The highest BCUT2D eigenvalue weighted by Crippen LogP contribution is 2.31. The number of benzene rings is 1. The van der Waals surface area contributed by atoms with E-state index in [-0.39, 0.29) is 10.6 Å². The highest BCUT2D eigenvalue weighted by molar-refractivity contribution is 6.32. The minimum absolute atomic E-state index is 0.0892. The molecule has 0 amide bonds. The Morgan fingerprint density at radius 2 is 2.07 bits per heavy atom. The molecule has 0 saturated carbocycles. The molecule has 82 valence electrons. The number of para-hydroxylation sites is 1. The highest BCUT2D eigenvalue weighted by Gasteiger charge is 2.39. The van der Waals surface area contributed by atoms with E-state index in [9.17, 15) is 18.7 Å². The van der Waals surface area contributed by atoms with Gasteiger partial charge in [-0.2, -0.15) is 8.78 Å². The maximum Gasteiger partial charge on any atom is 0.374 e. The summed E-state index contributed by atoms with van der Waals surface area (Å²) in [6, 6.07) is 3.87. The molecule has 1 aromatic rings. The second kappa shape index (κ2) is 4.02. The summed E-state index contributed by atoms with van der Waals surface area (Å²) in [5.74, 6) is -6.66. The van der Waals surface area contributed by atoms with E-state index in [1.165, 1.54) is 18.2 Å². The number of hydrogen-bond acceptors (Lipinski definition) is 2. The zero-order valence-corrected chi connectivity index (χ0v) is 8.13. The first-order chi connectivity index (χ1) is 6.84. The van der Waals surface area contributed by atoms with Crippen molar-refractivity contribution in [2.75, 3.05) is 0 Å². The predicted molar refractivity (Wildman–Crippen MR) is 49.4 cm³/mol. The van der Waals surface area contributed by atoms with Crippen molar-refractivity contribution in [1.29, 1.82) is 0 Å². The molecular weight excluding hydrogens is 230 g/mol.